The Kier molecular flexibility index (Phi) is 4.93. The van der Waals surface area contributed by atoms with Crippen molar-refractivity contribution in [2.45, 2.75) is 51.6 Å². The molecule has 0 saturated carbocycles. The fourth-order valence-electron chi connectivity index (χ4n) is 3.98. The molecular weight excluding hydrogens is 382 g/mol. The first kappa shape index (κ1) is 19.0. The number of imidazole rings is 1. The summed E-state index contributed by atoms with van der Waals surface area (Å²) in [5.74, 6) is -1.42. The monoisotopic (exact) mass is 404 g/mol. The van der Waals surface area contributed by atoms with Crippen molar-refractivity contribution in [1.29, 1.82) is 0 Å². The summed E-state index contributed by atoms with van der Waals surface area (Å²) in [4.78, 5) is 17.6. The van der Waals surface area contributed by atoms with E-state index in [2.05, 4.69) is 29.5 Å². The number of carbonyl (C=O) groups is 1. The van der Waals surface area contributed by atoms with E-state index in [4.69, 9.17) is 0 Å². The second-order valence-corrected chi connectivity index (χ2v) is 8.69. The van der Waals surface area contributed by atoms with Crippen LogP contribution in [0.4, 0.5) is 14.5 Å². The van der Waals surface area contributed by atoms with Gasteiger partial charge in [-0.15, -0.1) is 11.3 Å². The topological polar surface area (TPSA) is 58.4 Å². The van der Waals surface area contributed by atoms with E-state index in [0.29, 0.717) is 17.8 Å². The van der Waals surface area contributed by atoms with Crippen LogP contribution in [-0.2, 0) is 0 Å². The predicted molar refractivity (Wildman–Crippen MR) is 106 cm³/mol. The quantitative estimate of drug-likeness (QED) is 0.677. The molecule has 3 aromatic heterocycles. The summed E-state index contributed by atoms with van der Waals surface area (Å²) in [5, 5.41) is 6.07. The summed E-state index contributed by atoms with van der Waals surface area (Å²) in [5.41, 5.74) is 1.11. The van der Waals surface area contributed by atoms with E-state index in [9.17, 15) is 13.6 Å². The Morgan fingerprint density at radius 2 is 1.93 bits per heavy atom. The molecule has 148 valence electrons. The maximum atomic E-state index is 14.5. The number of aryl methyl sites for hydroxylation is 1. The second kappa shape index (κ2) is 7.25. The molecule has 28 heavy (non-hydrogen) atoms. The lowest BCUT2D eigenvalue weighted by Gasteiger charge is -2.32. The van der Waals surface area contributed by atoms with Crippen LogP contribution in [0.25, 0.3) is 5.65 Å². The van der Waals surface area contributed by atoms with Crippen molar-refractivity contribution < 1.29 is 13.6 Å². The Hall–Kier alpha value is -2.32. The summed E-state index contributed by atoms with van der Waals surface area (Å²) in [6.45, 7) is 5.99. The Labute approximate surface area is 165 Å². The standard InChI is InChI=1S/C20H22F2N4OS/c1-10-4-13(5-11(2)23-10)17-7-15(21)18(28-17)20(27)25-14-6-16(22)19-24-12(3)8-26(19)9-14/h6-11,13,23H,4-5H2,1-3H3,(H,25,27)/t10-,11-/m1/s1. The third-order valence-electron chi connectivity index (χ3n) is 5.04. The third-order valence-corrected chi connectivity index (χ3v) is 6.32. The van der Waals surface area contributed by atoms with Crippen LogP contribution in [0, 0.1) is 18.6 Å². The Morgan fingerprint density at radius 1 is 1.21 bits per heavy atom. The molecule has 1 saturated heterocycles. The van der Waals surface area contributed by atoms with Gasteiger partial charge in [0.25, 0.3) is 5.91 Å². The van der Waals surface area contributed by atoms with Crippen LogP contribution in [0.3, 0.4) is 0 Å². The number of hydrogen-bond donors (Lipinski definition) is 2. The molecule has 0 unspecified atom stereocenters. The molecule has 3 aromatic rings. The number of fused-ring (bicyclic) bond motifs is 1. The van der Waals surface area contributed by atoms with Gasteiger partial charge in [0.2, 0.25) is 0 Å². The van der Waals surface area contributed by atoms with Gasteiger partial charge in [-0.05, 0) is 45.6 Å². The molecule has 4 rings (SSSR count). The molecule has 1 amide bonds. The van der Waals surface area contributed by atoms with Gasteiger partial charge in [0, 0.05) is 35.4 Å². The largest absolute Gasteiger partial charge is 0.320 e. The lowest BCUT2D eigenvalue weighted by Crippen LogP contribution is -2.41. The van der Waals surface area contributed by atoms with Crippen LogP contribution in [-0.4, -0.2) is 27.4 Å². The Balaban J connectivity index is 1.56. The van der Waals surface area contributed by atoms with Crippen molar-refractivity contribution in [2.24, 2.45) is 0 Å². The molecule has 0 bridgehead atoms. The normalized spacial score (nSPS) is 22.5. The van der Waals surface area contributed by atoms with Crippen LogP contribution in [0.5, 0.6) is 0 Å². The molecular formula is C20H22F2N4OS. The Morgan fingerprint density at radius 3 is 2.64 bits per heavy atom. The van der Waals surface area contributed by atoms with Crippen molar-refractivity contribution in [3.05, 3.63) is 51.6 Å². The zero-order chi connectivity index (χ0) is 20.0. The van der Waals surface area contributed by atoms with E-state index in [1.165, 1.54) is 27.9 Å². The van der Waals surface area contributed by atoms with Crippen LogP contribution >= 0.6 is 11.3 Å². The van der Waals surface area contributed by atoms with Crippen LogP contribution < -0.4 is 10.6 Å². The van der Waals surface area contributed by atoms with Gasteiger partial charge in [0.15, 0.2) is 11.5 Å². The van der Waals surface area contributed by atoms with Gasteiger partial charge in [0.05, 0.1) is 11.4 Å². The van der Waals surface area contributed by atoms with E-state index in [-0.39, 0.29) is 22.1 Å². The van der Waals surface area contributed by atoms with E-state index in [0.717, 1.165) is 17.7 Å². The minimum Gasteiger partial charge on any atom is -0.320 e. The number of hydrogen-bond acceptors (Lipinski definition) is 4. The number of halogens is 2. The molecule has 2 N–H and O–H groups in total. The van der Waals surface area contributed by atoms with Gasteiger partial charge < -0.3 is 15.0 Å². The number of amides is 1. The molecule has 1 fully saturated rings. The zero-order valence-electron chi connectivity index (χ0n) is 15.9. The first-order valence-corrected chi connectivity index (χ1v) is 10.1. The summed E-state index contributed by atoms with van der Waals surface area (Å²) >= 11 is 1.18. The number of piperidine rings is 1. The van der Waals surface area contributed by atoms with Crippen molar-refractivity contribution in [1.82, 2.24) is 14.7 Å². The van der Waals surface area contributed by atoms with Crippen molar-refractivity contribution >= 4 is 28.6 Å². The van der Waals surface area contributed by atoms with E-state index >= 15 is 0 Å². The fraction of sp³-hybridized carbons (Fsp3) is 0.400. The van der Waals surface area contributed by atoms with Gasteiger partial charge in [-0.1, -0.05) is 0 Å². The summed E-state index contributed by atoms with van der Waals surface area (Å²) < 4.78 is 30.2. The molecule has 1 aliphatic heterocycles. The average Bonchev–Trinajstić information content (AvgIpc) is 3.16. The molecule has 1 aliphatic rings. The minimum absolute atomic E-state index is 0.0242. The fourth-order valence-corrected chi connectivity index (χ4v) is 5.04. The van der Waals surface area contributed by atoms with Crippen LogP contribution in [0.1, 0.15) is 52.8 Å². The highest BCUT2D eigenvalue weighted by Gasteiger charge is 2.28. The summed E-state index contributed by atoms with van der Waals surface area (Å²) in [6.07, 6.45) is 5.05. The predicted octanol–water partition coefficient (Wildman–Crippen LogP) is 4.48. The maximum Gasteiger partial charge on any atom is 0.268 e. The number of nitrogens with zero attached hydrogens (tertiary/aromatic N) is 2. The van der Waals surface area contributed by atoms with Crippen LogP contribution in [0.15, 0.2) is 24.5 Å². The van der Waals surface area contributed by atoms with E-state index in [1.807, 2.05) is 0 Å². The first-order chi connectivity index (χ1) is 13.3. The molecule has 4 heterocycles. The van der Waals surface area contributed by atoms with E-state index < -0.39 is 17.5 Å². The number of nitrogens with one attached hydrogen (secondary N) is 2. The lowest BCUT2D eigenvalue weighted by molar-refractivity contribution is 0.102. The maximum absolute atomic E-state index is 14.5. The van der Waals surface area contributed by atoms with Crippen LogP contribution in [0.2, 0.25) is 0 Å². The number of pyridine rings is 1. The van der Waals surface area contributed by atoms with Gasteiger partial charge >= 0.3 is 0 Å². The summed E-state index contributed by atoms with van der Waals surface area (Å²) in [7, 11) is 0. The molecule has 8 heteroatoms. The summed E-state index contributed by atoms with van der Waals surface area (Å²) in [6, 6.07) is 3.37. The van der Waals surface area contributed by atoms with Gasteiger partial charge in [-0.25, -0.2) is 13.8 Å². The molecule has 0 aromatic carbocycles. The number of carbonyl (C=O) groups excluding carboxylic acids is 1. The minimum atomic E-state index is -0.570. The number of aromatic nitrogens is 2. The third kappa shape index (κ3) is 3.66. The highest BCUT2D eigenvalue weighted by atomic mass is 32.1. The highest BCUT2D eigenvalue weighted by molar-refractivity contribution is 7.14. The first-order valence-electron chi connectivity index (χ1n) is 9.31. The lowest BCUT2D eigenvalue weighted by atomic mass is 9.88. The zero-order valence-corrected chi connectivity index (χ0v) is 16.7. The van der Waals surface area contributed by atoms with Gasteiger partial charge in [-0.2, -0.15) is 0 Å². The smallest absolute Gasteiger partial charge is 0.268 e. The highest BCUT2D eigenvalue weighted by Crippen LogP contribution is 2.36. The molecule has 0 radical (unpaired) electrons. The van der Waals surface area contributed by atoms with Crippen molar-refractivity contribution in [3.63, 3.8) is 0 Å². The SMILES string of the molecule is Cc1cn2cc(NC(=O)c3sc(C4C[C@@H](C)N[C@H](C)C4)cc3F)cc(F)c2n1. The van der Waals surface area contributed by atoms with Crippen molar-refractivity contribution in [3.8, 4) is 0 Å². The molecule has 2 atom stereocenters. The van der Waals surface area contributed by atoms with E-state index in [1.54, 1.807) is 19.3 Å². The molecule has 0 spiro atoms. The Bertz CT molecular complexity index is 1030. The van der Waals surface area contributed by atoms with Gasteiger partial charge in [0.1, 0.15) is 10.7 Å². The molecule has 5 nitrogen and oxygen atoms in total. The van der Waals surface area contributed by atoms with Crippen molar-refractivity contribution in [2.75, 3.05) is 5.32 Å². The number of thiophene rings is 1. The average molecular weight is 404 g/mol. The van der Waals surface area contributed by atoms with Gasteiger partial charge in [-0.3, -0.25) is 4.79 Å². The molecule has 0 aliphatic carbocycles. The number of anilines is 1. The number of rotatable bonds is 3. The second-order valence-electron chi connectivity index (χ2n) is 7.61.